The molecule has 0 aliphatic heterocycles. The smallest absolute Gasteiger partial charge is 0.294 e. The number of hydrogen-bond acceptors (Lipinski definition) is 10. The molecule has 0 saturated carbocycles. The standard InChI is InChI=1S/C16H17N5O8S2/c22-7-8-30(25,26)16-9-11(21(23)24)1-3-13(16)17-5-6-20-15-4-2-12(31(27,28)29)10-14(15)18-19-20/h1-4,9-10,17,22H,5-8H2,(H,27,28,29). The van der Waals surface area contributed by atoms with Crippen LogP contribution >= 0.6 is 0 Å². The number of nitrogens with zero attached hydrogens (tertiary/aromatic N) is 4. The average Bonchev–Trinajstić information content (AvgIpc) is 3.09. The van der Waals surface area contributed by atoms with Crippen LogP contribution in [0.15, 0.2) is 46.2 Å². The van der Waals surface area contributed by atoms with Crippen molar-refractivity contribution in [2.75, 3.05) is 24.2 Å². The monoisotopic (exact) mass is 471 g/mol. The lowest BCUT2D eigenvalue weighted by Crippen LogP contribution is -2.16. The lowest BCUT2D eigenvalue weighted by molar-refractivity contribution is -0.385. The number of nitro benzene ring substituents is 1. The van der Waals surface area contributed by atoms with E-state index in [2.05, 4.69) is 15.6 Å². The number of anilines is 1. The maximum absolute atomic E-state index is 12.4. The Morgan fingerprint density at radius 2 is 1.87 bits per heavy atom. The third-order valence-corrected chi connectivity index (χ3v) is 6.87. The van der Waals surface area contributed by atoms with Gasteiger partial charge in [-0.05, 0) is 24.3 Å². The van der Waals surface area contributed by atoms with Crippen LogP contribution in [0.25, 0.3) is 11.0 Å². The van der Waals surface area contributed by atoms with Crippen LogP contribution in [0, 0.1) is 10.1 Å². The first-order valence-electron chi connectivity index (χ1n) is 8.69. The van der Waals surface area contributed by atoms with Gasteiger partial charge in [-0.3, -0.25) is 14.7 Å². The number of non-ortho nitro benzene ring substituents is 1. The number of aliphatic hydroxyl groups excluding tert-OH is 1. The average molecular weight is 471 g/mol. The first-order chi connectivity index (χ1) is 14.5. The van der Waals surface area contributed by atoms with Crippen molar-refractivity contribution in [1.82, 2.24) is 15.0 Å². The predicted octanol–water partition coefficient (Wildman–Crippen LogP) is 0.464. The van der Waals surface area contributed by atoms with E-state index < -0.39 is 42.9 Å². The number of nitrogens with one attached hydrogen (secondary N) is 1. The Morgan fingerprint density at radius 3 is 2.52 bits per heavy atom. The first-order valence-corrected chi connectivity index (χ1v) is 11.8. The van der Waals surface area contributed by atoms with Gasteiger partial charge in [0.15, 0.2) is 9.84 Å². The second kappa shape index (κ2) is 8.54. The molecule has 3 rings (SSSR count). The molecule has 2 aromatic carbocycles. The largest absolute Gasteiger partial charge is 0.395 e. The molecule has 0 fully saturated rings. The second-order valence-electron chi connectivity index (χ2n) is 6.34. The highest BCUT2D eigenvalue weighted by molar-refractivity contribution is 7.91. The van der Waals surface area contributed by atoms with Crippen molar-refractivity contribution in [2.45, 2.75) is 16.3 Å². The topological polar surface area (TPSA) is 195 Å². The summed E-state index contributed by atoms with van der Waals surface area (Å²) in [5, 5.41) is 30.6. The molecule has 0 saturated heterocycles. The van der Waals surface area contributed by atoms with E-state index >= 15 is 0 Å². The summed E-state index contributed by atoms with van der Waals surface area (Å²) >= 11 is 0. The van der Waals surface area contributed by atoms with E-state index in [9.17, 15) is 26.9 Å². The number of sulfone groups is 1. The van der Waals surface area contributed by atoms with Crippen LogP contribution in [-0.2, 0) is 26.5 Å². The molecule has 1 heterocycles. The minimum Gasteiger partial charge on any atom is -0.395 e. The summed E-state index contributed by atoms with van der Waals surface area (Å²) in [5.74, 6) is -0.591. The zero-order valence-corrected chi connectivity index (χ0v) is 17.4. The summed E-state index contributed by atoms with van der Waals surface area (Å²) in [6, 6.07) is 7.12. The molecular weight excluding hydrogens is 454 g/mol. The fourth-order valence-electron chi connectivity index (χ4n) is 2.83. The molecule has 0 atom stereocenters. The van der Waals surface area contributed by atoms with Gasteiger partial charge in [0, 0.05) is 18.7 Å². The molecule has 0 radical (unpaired) electrons. The maximum atomic E-state index is 12.4. The van der Waals surface area contributed by atoms with Gasteiger partial charge < -0.3 is 10.4 Å². The van der Waals surface area contributed by atoms with E-state index in [0.29, 0.717) is 5.52 Å². The third-order valence-electron chi connectivity index (χ3n) is 4.29. The summed E-state index contributed by atoms with van der Waals surface area (Å²) in [6.07, 6.45) is 0. The van der Waals surface area contributed by atoms with Crippen molar-refractivity contribution in [1.29, 1.82) is 0 Å². The van der Waals surface area contributed by atoms with Crippen LogP contribution in [0.4, 0.5) is 11.4 Å². The highest BCUT2D eigenvalue weighted by Crippen LogP contribution is 2.27. The van der Waals surface area contributed by atoms with Crippen molar-refractivity contribution >= 4 is 42.4 Å². The minimum atomic E-state index is -4.38. The van der Waals surface area contributed by atoms with E-state index in [-0.39, 0.29) is 34.1 Å². The lowest BCUT2D eigenvalue weighted by Gasteiger charge is -2.12. The van der Waals surface area contributed by atoms with Gasteiger partial charge in [0.05, 0.1) is 44.8 Å². The van der Waals surface area contributed by atoms with E-state index in [1.165, 1.54) is 22.9 Å². The Kier molecular flexibility index (Phi) is 6.21. The van der Waals surface area contributed by atoms with Crippen molar-refractivity contribution in [2.24, 2.45) is 0 Å². The molecule has 0 spiro atoms. The number of aliphatic hydroxyl groups is 1. The Morgan fingerprint density at radius 1 is 1.13 bits per heavy atom. The number of fused-ring (bicyclic) bond motifs is 1. The Bertz CT molecular complexity index is 1350. The molecule has 166 valence electrons. The number of rotatable bonds is 9. The predicted molar refractivity (Wildman–Crippen MR) is 108 cm³/mol. The SMILES string of the molecule is O=[N+]([O-])c1ccc(NCCn2nnc3cc(S(=O)(=O)O)ccc32)c(S(=O)(=O)CCO)c1. The van der Waals surface area contributed by atoms with Crippen LogP contribution in [-0.4, -0.2) is 65.3 Å². The molecule has 15 heteroatoms. The zero-order valence-electron chi connectivity index (χ0n) is 15.7. The number of aromatic nitrogens is 3. The molecule has 0 bridgehead atoms. The summed E-state index contributed by atoms with van der Waals surface area (Å²) in [7, 11) is -8.35. The van der Waals surface area contributed by atoms with Crippen LogP contribution in [0.3, 0.4) is 0 Å². The Hall–Kier alpha value is -3.14. The van der Waals surface area contributed by atoms with Gasteiger partial charge >= 0.3 is 0 Å². The molecule has 0 unspecified atom stereocenters. The quantitative estimate of drug-likeness (QED) is 0.223. The van der Waals surface area contributed by atoms with Gasteiger partial charge in [-0.15, -0.1) is 5.10 Å². The van der Waals surface area contributed by atoms with E-state index in [1.807, 2.05) is 0 Å². The normalized spacial score (nSPS) is 12.2. The molecule has 31 heavy (non-hydrogen) atoms. The van der Waals surface area contributed by atoms with Gasteiger partial charge in [0.2, 0.25) is 0 Å². The zero-order chi connectivity index (χ0) is 22.8. The van der Waals surface area contributed by atoms with Crippen LogP contribution in [0.1, 0.15) is 0 Å². The molecule has 0 aliphatic rings. The molecular formula is C16H17N5O8S2. The van der Waals surface area contributed by atoms with Crippen LogP contribution < -0.4 is 5.32 Å². The van der Waals surface area contributed by atoms with Gasteiger partial charge in [0.1, 0.15) is 5.52 Å². The van der Waals surface area contributed by atoms with Crippen molar-refractivity contribution in [3.63, 3.8) is 0 Å². The van der Waals surface area contributed by atoms with Gasteiger partial charge in [-0.2, -0.15) is 8.42 Å². The maximum Gasteiger partial charge on any atom is 0.294 e. The summed E-state index contributed by atoms with van der Waals surface area (Å²) < 4.78 is 57.8. The lowest BCUT2D eigenvalue weighted by atomic mass is 10.3. The summed E-state index contributed by atoms with van der Waals surface area (Å²) in [5.41, 5.74) is 0.429. The Balaban J connectivity index is 1.82. The molecule has 3 aromatic rings. The molecule has 0 aliphatic carbocycles. The third kappa shape index (κ3) is 4.96. The highest BCUT2D eigenvalue weighted by Gasteiger charge is 2.22. The minimum absolute atomic E-state index is 0.122. The van der Waals surface area contributed by atoms with Gasteiger partial charge in [-0.25, -0.2) is 13.1 Å². The fraction of sp³-hybridized carbons (Fsp3) is 0.250. The van der Waals surface area contributed by atoms with Crippen molar-refractivity contribution in [3.05, 3.63) is 46.5 Å². The number of benzene rings is 2. The van der Waals surface area contributed by atoms with Crippen molar-refractivity contribution in [3.8, 4) is 0 Å². The second-order valence-corrected chi connectivity index (χ2v) is 9.84. The van der Waals surface area contributed by atoms with Crippen LogP contribution in [0.5, 0.6) is 0 Å². The van der Waals surface area contributed by atoms with E-state index in [1.54, 1.807) is 0 Å². The summed E-state index contributed by atoms with van der Waals surface area (Å²) in [4.78, 5) is 9.65. The summed E-state index contributed by atoms with van der Waals surface area (Å²) in [6.45, 7) is -0.295. The fourth-order valence-corrected chi connectivity index (χ4v) is 4.57. The number of nitro groups is 1. The number of hydrogen-bond donors (Lipinski definition) is 3. The van der Waals surface area contributed by atoms with Crippen molar-refractivity contribution < 1.29 is 31.4 Å². The van der Waals surface area contributed by atoms with Crippen LogP contribution in [0.2, 0.25) is 0 Å². The molecule has 3 N–H and O–H groups in total. The molecule has 0 amide bonds. The molecule has 13 nitrogen and oxygen atoms in total. The van der Waals surface area contributed by atoms with Gasteiger partial charge in [0.25, 0.3) is 15.8 Å². The first kappa shape index (κ1) is 22.5. The Labute approximate surface area is 176 Å². The van der Waals surface area contributed by atoms with E-state index in [4.69, 9.17) is 9.66 Å². The highest BCUT2D eigenvalue weighted by atomic mass is 32.2. The van der Waals surface area contributed by atoms with E-state index in [0.717, 1.165) is 18.2 Å². The van der Waals surface area contributed by atoms with Gasteiger partial charge in [-0.1, -0.05) is 5.21 Å². The molecule has 1 aromatic heterocycles.